The molecule has 2 atom stereocenters. The topological polar surface area (TPSA) is 200 Å². The van der Waals surface area contributed by atoms with Crippen molar-refractivity contribution in [1.29, 1.82) is 0 Å². The number of hydrogen-bond acceptors (Lipinski definition) is 9. The first-order valence-corrected chi connectivity index (χ1v) is 10.0. The van der Waals surface area contributed by atoms with E-state index in [0.29, 0.717) is 37.0 Å². The van der Waals surface area contributed by atoms with E-state index in [1.165, 1.54) is 4.90 Å². The highest BCUT2D eigenvalue weighted by Gasteiger charge is 2.29. The van der Waals surface area contributed by atoms with Gasteiger partial charge in [-0.25, -0.2) is 0 Å². The second-order valence-corrected chi connectivity index (χ2v) is 7.30. The molecule has 2 amide bonds. The Kier molecular flexibility index (Phi) is 7.23. The van der Waals surface area contributed by atoms with Crippen LogP contribution in [0, 0.1) is 0 Å². The van der Waals surface area contributed by atoms with Crippen molar-refractivity contribution in [1.82, 2.24) is 15.3 Å². The average Bonchev–Trinajstić information content (AvgIpc) is 2.79. The Morgan fingerprint density at radius 1 is 1.30 bits per heavy atom. The van der Waals surface area contributed by atoms with Gasteiger partial charge in [0, 0.05) is 30.8 Å². The van der Waals surface area contributed by atoms with Gasteiger partial charge in [-0.05, 0) is 30.7 Å². The van der Waals surface area contributed by atoms with Gasteiger partial charge in [-0.15, -0.1) is 0 Å². The maximum Gasteiger partial charge on any atom is 0.303 e. The van der Waals surface area contributed by atoms with Gasteiger partial charge < -0.3 is 36.5 Å². The number of carboxylic acid groups (broad SMARTS) is 1. The molecule has 2 unspecified atom stereocenters. The Morgan fingerprint density at radius 3 is 2.67 bits per heavy atom. The monoisotopic (exact) mass is 457 g/mol. The van der Waals surface area contributed by atoms with Crippen LogP contribution in [-0.2, 0) is 14.4 Å². The summed E-state index contributed by atoms with van der Waals surface area (Å²) in [6.07, 6.45) is 0.822. The Hall–Kier alpha value is -4.42. The van der Waals surface area contributed by atoms with E-state index in [9.17, 15) is 24.0 Å². The minimum absolute atomic E-state index is 0.000937. The van der Waals surface area contributed by atoms with Gasteiger partial charge in [0.2, 0.25) is 12.4 Å². The van der Waals surface area contributed by atoms with Crippen LogP contribution in [0.15, 0.2) is 29.1 Å². The van der Waals surface area contributed by atoms with Crippen molar-refractivity contribution in [2.75, 3.05) is 34.4 Å². The molecule has 2 heterocycles. The molecule has 1 aliphatic rings. The molecule has 13 heteroatoms. The summed E-state index contributed by atoms with van der Waals surface area (Å²) in [4.78, 5) is 65.5. The lowest BCUT2D eigenvalue weighted by Gasteiger charge is -2.34. The molecule has 0 saturated heterocycles. The van der Waals surface area contributed by atoms with Crippen molar-refractivity contribution < 1.29 is 24.3 Å². The number of aromatic nitrogens is 2. The number of fused-ring (bicyclic) bond motifs is 1. The van der Waals surface area contributed by atoms with Crippen LogP contribution >= 0.6 is 0 Å². The number of carbonyl (C=O) groups is 4. The minimum atomic E-state index is -1.05. The predicted octanol–water partition coefficient (Wildman–Crippen LogP) is -0.617. The van der Waals surface area contributed by atoms with Crippen LogP contribution in [-0.4, -0.2) is 64.8 Å². The maximum absolute atomic E-state index is 12.3. The summed E-state index contributed by atoms with van der Waals surface area (Å²) in [6, 6.07) is 5.08. The molecule has 0 spiro atoms. The maximum atomic E-state index is 12.3. The van der Waals surface area contributed by atoms with Crippen LogP contribution in [0.2, 0.25) is 0 Å². The van der Waals surface area contributed by atoms with E-state index < -0.39 is 29.5 Å². The molecule has 1 aromatic heterocycles. The van der Waals surface area contributed by atoms with Gasteiger partial charge in [-0.1, -0.05) is 0 Å². The zero-order chi connectivity index (χ0) is 24.0. The third kappa shape index (κ3) is 5.64. The number of nitrogens with two attached hydrogens (primary N) is 1. The largest absolute Gasteiger partial charge is 0.481 e. The van der Waals surface area contributed by atoms with Gasteiger partial charge in [0.15, 0.2) is 11.5 Å². The van der Waals surface area contributed by atoms with Crippen molar-refractivity contribution >= 4 is 47.7 Å². The number of amides is 2. The SMILES string of the molecule is Nc1nc2c(c(=O)[nH]1)N(C=O)C(CNc1ccc(C(=O)NC(C=O)CCC(=O)O)cc1)CN2. The fraction of sp³-hybridized carbons (Fsp3) is 0.300. The molecule has 7 N–H and O–H groups in total. The van der Waals surface area contributed by atoms with Gasteiger partial charge in [-0.2, -0.15) is 4.98 Å². The second kappa shape index (κ2) is 10.3. The average molecular weight is 457 g/mol. The van der Waals surface area contributed by atoms with Gasteiger partial charge >= 0.3 is 5.97 Å². The molecule has 0 fully saturated rings. The van der Waals surface area contributed by atoms with Gasteiger partial charge in [-0.3, -0.25) is 24.2 Å². The molecule has 0 radical (unpaired) electrons. The van der Waals surface area contributed by atoms with Crippen molar-refractivity contribution in [2.45, 2.75) is 24.9 Å². The highest BCUT2D eigenvalue weighted by molar-refractivity contribution is 5.96. The number of anilines is 4. The second-order valence-electron chi connectivity index (χ2n) is 7.30. The highest BCUT2D eigenvalue weighted by Crippen LogP contribution is 2.25. The number of nitrogen functional groups attached to an aromatic ring is 1. The van der Waals surface area contributed by atoms with E-state index in [1.807, 2.05) is 0 Å². The van der Waals surface area contributed by atoms with Crippen molar-refractivity contribution in [2.24, 2.45) is 0 Å². The first-order valence-electron chi connectivity index (χ1n) is 10.0. The van der Waals surface area contributed by atoms with Crippen LogP contribution < -0.4 is 32.1 Å². The van der Waals surface area contributed by atoms with Gasteiger partial charge in [0.1, 0.15) is 6.29 Å². The van der Waals surface area contributed by atoms with Crippen LogP contribution in [0.25, 0.3) is 0 Å². The molecular weight excluding hydrogens is 434 g/mol. The number of aldehydes is 1. The number of aromatic amines is 1. The van der Waals surface area contributed by atoms with Gasteiger partial charge in [0.25, 0.3) is 11.5 Å². The molecule has 0 saturated carbocycles. The number of benzene rings is 1. The lowest BCUT2D eigenvalue weighted by molar-refractivity contribution is -0.137. The fourth-order valence-corrected chi connectivity index (χ4v) is 3.33. The van der Waals surface area contributed by atoms with Crippen LogP contribution in [0.1, 0.15) is 23.2 Å². The smallest absolute Gasteiger partial charge is 0.303 e. The Bertz CT molecular complexity index is 1100. The molecular formula is C20H23N7O6. The third-order valence-corrected chi connectivity index (χ3v) is 5.02. The zero-order valence-electron chi connectivity index (χ0n) is 17.4. The zero-order valence-corrected chi connectivity index (χ0v) is 17.4. The lowest BCUT2D eigenvalue weighted by Crippen LogP contribution is -2.50. The molecule has 0 bridgehead atoms. The Morgan fingerprint density at radius 2 is 2.03 bits per heavy atom. The summed E-state index contributed by atoms with van der Waals surface area (Å²) in [5, 5.41) is 17.3. The standard InChI is InChI=1S/C20H23N7O6/c21-20-25-17-16(19(33)26-20)27(10-29)14(8-23-17)7-22-12-3-1-11(2-4-12)18(32)24-13(9-28)5-6-15(30)31/h1-4,9-10,13-14,22H,5-8H2,(H,24,32)(H,30,31)(H4,21,23,25,26,33). The molecule has 3 rings (SSSR count). The summed E-state index contributed by atoms with van der Waals surface area (Å²) >= 11 is 0. The number of rotatable bonds is 10. The molecule has 174 valence electrons. The molecule has 33 heavy (non-hydrogen) atoms. The predicted molar refractivity (Wildman–Crippen MR) is 119 cm³/mol. The molecule has 1 aromatic carbocycles. The number of carboxylic acids is 1. The van der Waals surface area contributed by atoms with Crippen molar-refractivity contribution in [3.63, 3.8) is 0 Å². The Labute approximate surface area is 187 Å². The first-order chi connectivity index (χ1) is 15.8. The number of hydrogen-bond donors (Lipinski definition) is 6. The van der Waals surface area contributed by atoms with Crippen LogP contribution in [0.3, 0.4) is 0 Å². The fourth-order valence-electron chi connectivity index (χ4n) is 3.33. The van der Waals surface area contributed by atoms with Crippen LogP contribution in [0.5, 0.6) is 0 Å². The van der Waals surface area contributed by atoms with E-state index in [-0.39, 0.29) is 30.3 Å². The van der Waals surface area contributed by atoms with E-state index in [2.05, 4.69) is 25.9 Å². The summed E-state index contributed by atoms with van der Waals surface area (Å²) in [7, 11) is 0. The van der Waals surface area contributed by atoms with Crippen LogP contribution in [0.4, 0.5) is 23.1 Å². The molecule has 2 aromatic rings. The van der Waals surface area contributed by atoms with E-state index >= 15 is 0 Å². The highest BCUT2D eigenvalue weighted by atomic mass is 16.4. The van der Waals surface area contributed by atoms with E-state index in [1.54, 1.807) is 24.3 Å². The summed E-state index contributed by atoms with van der Waals surface area (Å²) in [5.74, 6) is -1.39. The van der Waals surface area contributed by atoms with E-state index in [0.717, 1.165) is 0 Å². The Balaban J connectivity index is 1.60. The minimum Gasteiger partial charge on any atom is -0.481 e. The summed E-state index contributed by atoms with van der Waals surface area (Å²) < 4.78 is 0. The van der Waals surface area contributed by atoms with Crippen molar-refractivity contribution in [3.05, 3.63) is 40.2 Å². The first kappa shape index (κ1) is 23.2. The number of H-pyrrole nitrogens is 1. The number of aliphatic carboxylic acids is 1. The quantitative estimate of drug-likeness (QED) is 0.250. The lowest BCUT2D eigenvalue weighted by atomic mass is 10.1. The normalized spacial score (nSPS) is 15.5. The molecule has 0 aliphatic carbocycles. The number of carbonyl (C=O) groups excluding carboxylic acids is 3. The number of nitrogens with one attached hydrogen (secondary N) is 4. The summed E-state index contributed by atoms with van der Waals surface area (Å²) in [6.45, 7) is 0.626. The van der Waals surface area contributed by atoms with E-state index in [4.69, 9.17) is 10.8 Å². The molecule has 13 nitrogen and oxygen atoms in total. The van der Waals surface area contributed by atoms with Gasteiger partial charge in [0.05, 0.1) is 12.1 Å². The number of nitrogens with zero attached hydrogens (tertiary/aromatic N) is 2. The van der Waals surface area contributed by atoms with Crippen molar-refractivity contribution in [3.8, 4) is 0 Å². The summed E-state index contributed by atoms with van der Waals surface area (Å²) in [5.41, 5.74) is 6.04. The molecule has 1 aliphatic heterocycles. The third-order valence-electron chi connectivity index (χ3n) is 5.02.